The summed E-state index contributed by atoms with van der Waals surface area (Å²) in [6.07, 6.45) is 0.892. The van der Waals surface area contributed by atoms with Crippen molar-refractivity contribution >= 4 is 11.8 Å². The zero-order valence-corrected chi connectivity index (χ0v) is 13.2. The molecule has 0 aliphatic rings. The molecule has 0 saturated heterocycles. The van der Waals surface area contributed by atoms with Crippen LogP contribution in [0.4, 0.5) is 4.39 Å². The number of hydrogen-bond acceptors (Lipinski definition) is 3. The van der Waals surface area contributed by atoms with E-state index in [-0.39, 0.29) is 11.9 Å². The molecule has 0 heterocycles. The Hall–Kier alpha value is -1.36. The van der Waals surface area contributed by atoms with E-state index < -0.39 is 0 Å². The second-order valence-electron chi connectivity index (χ2n) is 5.20. The maximum Gasteiger partial charge on any atom is 0.123 e. The summed E-state index contributed by atoms with van der Waals surface area (Å²) in [6, 6.07) is 13.1. The fourth-order valence-corrected chi connectivity index (χ4v) is 3.25. The molecule has 0 saturated carbocycles. The fraction of sp³-hybridized carbons (Fsp3) is 0.294. The van der Waals surface area contributed by atoms with Gasteiger partial charge in [0.2, 0.25) is 0 Å². The van der Waals surface area contributed by atoms with E-state index >= 15 is 0 Å². The minimum Gasteiger partial charge on any atom is -0.271 e. The Morgan fingerprint density at radius 1 is 1.10 bits per heavy atom. The summed E-state index contributed by atoms with van der Waals surface area (Å²) in [5.74, 6) is 6.32. The molecule has 2 rings (SSSR count). The number of thioether (sulfide) groups is 1. The quantitative estimate of drug-likeness (QED) is 0.486. The first-order chi connectivity index (χ1) is 10.1. The lowest BCUT2D eigenvalue weighted by Gasteiger charge is -2.18. The van der Waals surface area contributed by atoms with Crippen LogP contribution < -0.4 is 11.3 Å². The monoisotopic (exact) mass is 304 g/mol. The molecule has 0 spiro atoms. The van der Waals surface area contributed by atoms with Crippen LogP contribution in [0.5, 0.6) is 0 Å². The molecule has 0 bridgehead atoms. The van der Waals surface area contributed by atoms with E-state index in [9.17, 15) is 4.39 Å². The molecule has 3 N–H and O–H groups in total. The molecule has 0 aromatic heterocycles. The van der Waals surface area contributed by atoms with E-state index in [1.165, 1.54) is 28.8 Å². The van der Waals surface area contributed by atoms with Gasteiger partial charge in [-0.1, -0.05) is 18.2 Å². The number of hydrazine groups is 1. The summed E-state index contributed by atoms with van der Waals surface area (Å²) in [4.78, 5) is 1.05. The van der Waals surface area contributed by atoms with Crippen LogP contribution in [0.1, 0.15) is 16.7 Å². The van der Waals surface area contributed by atoms with Gasteiger partial charge in [0.15, 0.2) is 0 Å². The van der Waals surface area contributed by atoms with Crippen molar-refractivity contribution in [3.05, 3.63) is 65.0 Å². The van der Waals surface area contributed by atoms with E-state index in [0.29, 0.717) is 0 Å². The molecule has 4 heteroatoms. The Bertz CT molecular complexity index is 564. The molecule has 0 fully saturated rings. The first kappa shape index (κ1) is 16.0. The van der Waals surface area contributed by atoms with Crippen molar-refractivity contribution in [3.8, 4) is 0 Å². The van der Waals surface area contributed by atoms with E-state index in [2.05, 4.69) is 37.5 Å². The standard InChI is InChI=1S/C17H21FN2S/c1-12-4-3-5-13(2)17(12)10-15(20-19)11-21-16-8-6-14(18)7-9-16/h3-9,15,20H,10-11,19H2,1-2H3. The third kappa shape index (κ3) is 4.56. The zero-order valence-electron chi connectivity index (χ0n) is 12.4. The molecular formula is C17H21FN2S. The van der Waals surface area contributed by atoms with Gasteiger partial charge in [-0.05, 0) is 61.2 Å². The summed E-state index contributed by atoms with van der Waals surface area (Å²) >= 11 is 1.68. The predicted octanol–water partition coefficient (Wildman–Crippen LogP) is 3.61. The molecule has 0 radical (unpaired) electrons. The molecule has 0 aliphatic heterocycles. The first-order valence-corrected chi connectivity index (χ1v) is 7.98. The summed E-state index contributed by atoms with van der Waals surface area (Å²) in [7, 11) is 0. The molecule has 1 atom stereocenters. The Morgan fingerprint density at radius 3 is 2.29 bits per heavy atom. The van der Waals surface area contributed by atoms with Gasteiger partial charge in [0.1, 0.15) is 5.82 Å². The maximum absolute atomic E-state index is 12.9. The van der Waals surface area contributed by atoms with Crippen LogP contribution in [-0.4, -0.2) is 11.8 Å². The number of aryl methyl sites for hydroxylation is 2. The first-order valence-electron chi connectivity index (χ1n) is 6.99. The van der Waals surface area contributed by atoms with Crippen molar-refractivity contribution in [1.29, 1.82) is 0 Å². The van der Waals surface area contributed by atoms with E-state index in [4.69, 9.17) is 5.84 Å². The molecule has 112 valence electrons. The number of benzene rings is 2. The van der Waals surface area contributed by atoms with Crippen LogP contribution in [-0.2, 0) is 6.42 Å². The minimum absolute atomic E-state index is 0.180. The van der Waals surface area contributed by atoms with Gasteiger partial charge in [0.05, 0.1) is 0 Å². The average molecular weight is 304 g/mol. The van der Waals surface area contributed by atoms with E-state index in [0.717, 1.165) is 17.1 Å². The highest BCUT2D eigenvalue weighted by molar-refractivity contribution is 7.99. The van der Waals surface area contributed by atoms with Gasteiger partial charge < -0.3 is 0 Å². The van der Waals surface area contributed by atoms with E-state index in [1.54, 1.807) is 23.9 Å². The highest BCUT2D eigenvalue weighted by Gasteiger charge is 2.12. The number of rotatable bonds is 6. The summed E-state index contributed by atoms with van der Waals surface area (Å²) in [6.45, 7) is 4.26. The van der Waals surface area contributed by atoms with Crippen molar-refractivity contribution in [2.24, 2.45) is 5.84 Å². The Kier molecular flexibility index (Phi) is 5.79. The van der Waals surface area contributed by atoms with Crippen molar-refractivity contribution in [2.45, 2.75) is 31.2 Å². The van der Waals surface area contributed by atoms with Gasteiger partial charge in [-0.15, -0.1) is 11.8 Å². The lowest BCUT2D eigenvalue weighted by molar-refractivity contribution is 0.573. The fourth-order valence-electron chi connectivity index (χ4n) is 2.31. The molecule has 2 nitrogen and oxygen atoms in total. The maximum atomic E-state index is 12.9. The Labute approximate surface area is 129 Å². The summed E-state index contributed by atoms with van der Waals surface area (Å²) in [5.41, 5.74) is 6.83. The van der Waals surface area contributed by atoms with Gasteiger partial charge in [-0.2, -0.15) is 0 Å². The highest BCUT2D eigenvalue weighted by Crippen LogP contribution is 2.21. The second kappa shape index (κ2) is 7.59. The number of halogens is 1. The van der Waals surface area contributed by atoms with Crippen LogP contribution in [0, 0.1) is 19.7 Å². The summed E-state index contributed by atoms with van der Waals surface area (Å²) < 4.78 is 12.9. The Morgan fingerprint density at radius 2 is 1.71 bits per heavy atom. The highest BCUT2D eigenvalue weighted by atomic mass is 32.2. The average Bonchev–Trinajstić information content (AvgIpc) is 2.48. The zero-order chi connectivity index (χ0) is 15.2. The van der Waals surface area contributed by atoms with Gasteiger partial charge in [-0.3, -0.25) is 11.3 Å². The van der Waals surface area contributed by atoms with Gasteiger partial charge >= 0.3 is 0 Å². The molecule has 2 aromatic rings. The van der Waals surface area contributed by atoms with Gasteiger partial charge in [0.25, 0.3) is 0 Å². The number of hydrogen-bond donors (Lipinski definition) is 2. The molecular weight excluding hydrogens is 283 g/mol. The normalized spacial score (nSPS) is 12.4. The van der Waals surface area contributed by atoms with Gasteiger partial charge in [-0.25, -0.2) is 4.39 Å². The Balaban J connectivity index is 1.98. The number of nitrogens with two attached hydrogens (primary N) is 1. The van der Waals surface area contributed by atoms with Crippen LogP contribution in [0.2, 0.25) is 0 Å². The third-order valence-corrected chi connectivity index (χ3v) is 4.77. The topological polar surface area (TPSA) is 38.0 Å². The van der Waals surface area contributed by atoms with Crippen LogP contribution in [0.25, 0.3) is 0 Å². The van der Waals surface area contributed by atoms with Crippen LogP contribution in [0.3, 0.4) is 0 Å². The summed E-state index contributed by atoms with van der Waals surface area (Å²) in [5, 5.41) is 0. The van der Waals surface area contributed by atoms with Crippen LogP contribution >= 0.6 is 11.8 Å². The third-order valence-electron chi connectivity index (χ3n) is 3.60. The lowest BCUT2D eigenvalue weighted by atomic mass is 9.97. The van der Waals surface area contributed by atoms with Gasteiger partial charge in [0, 0.05) is 16.7 Å². The van der Waals surface area contributed by atoms with E-state index in [1.807, 2.05) is 0 Å². The van der Waals surface area contributed by atoms with Crippen molar-refractivity contribution in [2.75, 3.05) is 5.75 Å². The van der Waals surface area contributed by atoms with Crippen molar-refractivity contribution in [1.82, 2.24) is 5.43 Å². The lowest BCUT2D eigenvalue weighted by Crippen LogP contribution is -2.39. The largest absolute Gasteiger partial charge is 0.271 e. The van der Waals surface area contributed by atoms with Crippen molar-refractivity contribution < 1.29 is 4.39 Å². The number of nitrogens with one attached hydrogen (secondary N) is 1. The van der Waals surface area contributed by atoms with Crippen LogP contribution in [0.15, 0.2) is 47.4 Å². The molecule has 0 amide bonds. The van der Waals surface area contributed by atoms with Crippen molar-refractivity contribution in [3.63, 3.8) is 0 Å². The molecule has 21 heavy (non-hydrogen) atoms. The molecule has 1 unspecified atom stereocenters. The molecule has 0 aliphatic carbocycles. The predicted molar refractivity (Wildman–Crippen MR) is 87.9 cm³/mol. The minimum atomic E-state index is -0.205. The smallest absolute Gasteiger partial charge is 0.123 e. The molecule has 2 aromatic carbocycles. The second-order valence-corrected chi connectivity index (χ2v) is 6.30. The SMILES string of the molecule is Cc1cccc(C)c1CC(CSc1ccc(F)cc1)NN.